The summed E-state index contributed by atoms with van der Waals surface area (Å²) in [5, 5.41) is 3.64. The van der Waals surface area contributed by atoms with Crippen LogP contribution in [0.5, 0.6) is 0 Å². The summed E-state index contributed by atoms with van der Waals surface area (Å²) in [4.78, 5) is 16.9. The lowest BCUT2D eigenvalue weighted by atomic mass is 10.2. The van der Waals surface area contributed by atoms with Crippen LogP contribution in [-0.2, 0) is 4.79 Å². The Morgan fingerprint density at radius 2 is 1.74 bits per heavy atom. The van der Waals surface area contributed by atoms with Gasteiger partial charge >= 0.3 is 0 Å². The second-order valence-corrected chi connectivity index (χ2v) is 7.26. The lowest BCUT2D eigenvalue weighted by Crippen LogP contribution is -2.48. The number of rotatable bonds is 6. The molecule has 5 heteroatoms. The number of nitrogens with zero attached hydrogens (tertiary/aromatic N) is 2. The number of halogens is 1. The van der Waals surface area contributed by atoms with Crippen molar-refractivity contribution in [2.24, 2.45) is 0 Å². The molecule has 1 aliphatic heterocycles. The van der Waals surface area contributed by atoms with E-state index in [2.05, 4.69) is 39.4 Å². The molecular weight excluding hydrogens is 358 g/mol. The number of nitrogens with one attached hydrogen (secondary N) is 1. The van der Waals surface area contributed by atoms with E-state index >= 15 is 0 Å². The molecule has 2 aromatic carbocycles. The Hall–Kier alpha value is -2.14. The maximum Gasteiger partial charge on any atom is 0.238 e. The molecule has 1 fully saturated rings. The van der Waals surface area contributed by atoms with Gasteiger partial charge in [0.05, 0.1) is 6.54 Å². The Morgan fingerprint density at radius 1 is 1.04 bits per heavy atom. The van der Waals surface area contributed by atoms with Crippen LogP contribution in [0, 0.1) is 6.92 Å². The fourth-order valence-electron chi connectivity index (χ4n) is 3.17. The summed E-state index contributed by atoms with van der Waals surface area (Å²) >= 11 is 6.11. The van der Waals surface area contributed by atoms with Crippen molar-refractivity contribution in [1.29, 1.82) is 0 Å². The van der Waals surface area contributed by atoms with Gasteiger partial charge in [-0.3, -0.25) is 14.6 Å². The molecule has 0 saturated carbocycles. The topological polar surface area (TPSA) is 35.6 Å². The van der Waals surface area contributed by atoms with Crippen LogP contribution in [0.2, 0.25) is 5.02 Å². The van der Waals surface area contributed by atoms with Gasteiger partial charge in [0.25, 0.3) is 0 Å². The lowest BCUT2D eigenvalue weighted by molar-refractivity contribution is -0.117. The van der Waals surface area contributed by atoms with Crippen LogP contribution >= 0.6 is 11.6 Å². The number of carbonyl (C=O) groups is 1. The van der Waals surface area contributed by atoms with Gasteiger partial charge in [0.15, 0.2) is 0 Å². The van der Waals surface area contributed by atoms with Gasteiger partial charge in [-0.2, -0.15) is 0 Å². The lowest BCUT2D eigenvalue weighted by Gasteiger charge is -2.33. The molecule has 1 aliphatic rings. The number of hydrogen-bond donors (Lipinski definition) is 1. The number of piperazine rings is 1. The average Bonchev–Trinajstić information content (AvgIpc) is 2.68. The summed E-state index contributed by atoms with van der Waals surface area (Å²) in [6, 6.07) is 15.9. The summed E-state index contributed by atoms with van der Waals surface area (Å²) in [5.41, 5.74) is 2.92. The third-order valence-electron chi connectivity index (χ3n) is 4.85. The zero-order valence-electron chi connectivity index (χ0n) is 15.7. The van der Waals surface area contributed by atoms with E-state index in [9.17, 15) is 4.79 Å². The summed E-state index contributed by atoms with van der Waals surface area (Å²) < 4.78 is 0. The van der Waals surface area contributed by atoms with Crippen LogP contribution in [-0.4, -0.2) is 55.0 Å². The largest absolute Gasteiger partial charge is 0.325 e. The first-order valence-electron chi connectivity index (χ1n) is 9.33. The van der Waals surface area contributed by atoms with E-state index in [0.29, 0.717) is 11.6 Å². The third kappa shape index (κ3) is 5.93. The molecule has 0 atom stereocenters. The minimum Gasteiger partial charge on any atom is -0.325 e. The molecule has 0 aliphatic carbocycles. The molecule has 0 unspecified atom stereocenters. The molecule has 4 nitrogen and oxygen atoms in total. The van der Waals surface area contributed by atoms with Gasteiger partial charge in [-0.15, -0.1) is 0 Å². The van der Waals surface area contributed by atoms with Crippen molar-refractivity contribution in [1.82, 2.24) is 9.80 Å². The summed E-state index contributed by atoms with van der Waals surface area (Å²) in [6.45, 7) is 7.03. The zero-order valence-corrected chi connectivity index (χ0v) is 16.5. The fraction of sp³-hybridized carbons (Fsp3) is 0.318. The Morgan fingerprint density at radius 3 is 2.48 bits per heavy atom. The standard InChI is InChI=1S/C22H26ClN3O/c1-18-20(23)10-5-11-21(18)24-22(27)17-26-15-13-25(14-16-26)12-6-9-19-7-3-2-4-8-19/h2-11H,12-17H2,1H3,(H,24,27)/b9-6+. The molecule has 1 saturated heterocycles. The first kappa shape index (κ1) is 19.6. The molecule has 2 aromatic rings. The van der Waals surface area contributed by atoms with Crippen molar-refractivity contribution in [3.63, 3.8) is 0 Å². The molecule has 27 heavy (non-hydrogen) atoms. The van der Waals surface area contributed by atoms with Crippen molar-refractivity contribution in [2.75, 3.05) is 44.6 Å². The fourth-order valence-corrected chi connectivity index (χ4v) is 3.34. The van der Waals surface area contributed by atoms with Crippen molar-refractivity contribution in [3.8, 4) is 0 Å². The second-order valence-electron chi connectivity index (χ2n) is 6.85. The maximum atomic E-state index is 12.3. The minimum absolute atomic E-state index is 0.0118. The highest BCUT2D eigenvalue weighted by atomic mass is 35.5. The Kier molecular flexibility index (Phi) is 7.04. The van der Waals surface area contributed by atoms with Crippen molar-refractivity contribution >= 4 is 29.3 Å². The van der Waals surface area contributed by atoms with Gasteiger partial charge in [0, 0.05) is 43.4 Å². The van der Waals surface area contributed by atoms with Crippen molar-refractivity contribution < 1.29 is 4.79 Å². The minimum atomic E-state index is 0.0118. The molecule has 3 rings (SSSR count). The zero-order chi connectivity index (χ0) is 19.1. The van der Waals surface area contributed by atoms with Gasteiger partial charge in [-0.25, -0.2) is 0 Å². The van der Waals surface area contributed by atoms with Crippen LogP contribution in [0.15, 0.2) is 54.6 Å². The quantitative estimate of drug-likeness (QED) is 0.821. The van der Waals surface area contributed by atoms with E-state index in [4.69, 9.17) is 11.6 Å². The monoisotopic (exact) mass is 383 g/mol. The van der Waals surface area contributed by atoms with Crippen LogP contribution in [0.3, 0.4) is 0 Å². The maximum absolute atomic E-state index is 12.3. The van der Waals surface area contributed by atoms with E-state index in [0.717, 1.165) is 44.0 Å². The molecule has 0 bridgehead atoms. The Balaban J connectivity index is 1.40. The molecule has 1 heterocycles. The number of anilines is 1. The first-order chi connectivity index (χ1) is 13.1. The smallest absolute Gasteiger partial charge is 0.238 e. The second kappa shape index (κ2) is 9.70. The van der Waals surface area contributed by atoms with Crippen LogP contribution < -0.4 is 5.32 Å². The van der Waals surface area contributed by atoms with Gasteiger partial charge in [-0.05, 0) is 30.2 Å². The number of carbonyl (C=O) groups excluding carboxylic acids is 1. The molecule has 1 amide bonds. The predicted molar refractivity (Wildman–Crippen MR) is 113 cm³/mol. The van der Waals surface area contributed by atoms with Gasteiger partial charge in [0.2, 0.25) is 5.91 Å². The van der Waals surface area contributed by atoms with E-state index in [1.54, 1.807) is 0 Å². The van der Waals surface area contributed by atoms with Crippen LogP contribution in [0.4, 0.5) is 5.69 Å². The normalized spacial score (nSPS) is 15.9. The molecule has 0 radical (unpaired) electrons. The van der Waals surface area contributed by atoms with Gasteiger partial charge in [-0.1, -0.05) is 60.2 Å². The highest BCUT2D eigenvalue weighted by Gasteiger charge is 2.18. The molecule has 0 aromatic heterocycles. The molecule has 1 N–H and O–H groups in total. The Bertz CT molecular complexity index is 783. The highest BCUT2D eigenvalue weighted by Crippen LogP contribution is 2.22. The summed E-state index contributed by atoms with van der Waals surface area (Å²) in [5.74, 6) is 0.0118. The summed E-state index contributed by atoms with van der Waals surface area (Å²) in [6.07, 6.45) is 4.37. The number of benzene rings is 2. The summed E-state index contributed by atoms with van der Waals surface area (Å²) in [7, 11) is 0. The van der Waals surface area contributed by atoms with E-state index < -0.39 is 0 Å². The third-order valence-corrected chi connectivity index (χ3v) is 5.26. The number of amides is 1. The molecule has 0 spiro atoms. The van der Waals surface area contributed by atoms with Crippen molar-refractivity contribution in [2.45, 2.75) is 6.92 Å². The first-order valence-corrected chi connectivity index (χ1v) is 9.71. The van der Waals surface area contributed by atoms with Gasteiger partial charge in [0.1, 0.15) is 0 Å². The highest BCUT2D eigenvalue weighted by molar-refractivity contribution is 6.31. The molecule has 142 valence electrons. The SMILES string of the molecule is Cc1c(Cl)cccc1NC(=O)CN1CCN(C/C=C/c2ccccc2)CC1. The predicted octanol–water partition coefficient (Wildman–Crippen LogP) is 3.92. The van der Waals surface area contributed by atoms with Gasteiger partial charge < -0.3 is 5.32 Å². The number of hydrogen-bond acceptors (Lipinski definition) is 3. The van der Waals surface area contributed by atoms with Crippen LogP contribution in [0.25, 0.3) is 6.08 Å². The average molecular weight is 384 g/mol. The van der Waals surface area contributed by atoms with Crippen molar-refractivity contribution in [3.05, 3.63) is 70.8 Å². The molecular formula is C22H26ClN3O. The van der Waals surface area contributed by atoms with E-state index in [1.807, 2.05) is 43.3 Å². The Labute approximate surface area is 166 Å². The van der Waals surface area contributed by atoms with E-state index in [1.165, 1.54) is 5.56 Å². The van der Waals surface area contributed by atoms with E-state index in [-0.39, 0.29) is 5.91 Å². The van der Waals surface area contributed by atoms with Crippen LogP contribution in [0.1, 0.15) is 11.1 Å².